The van der Waals surface area contributed by atoms with Crippen LogP contribution in [0.25, 0.3) is 5.69 Å². The highest BCUT2D eigenvalue weighted by molar-refractivity contribution is 6.30. The van der Waals surface area contributed by atoms with E-state index < -0.39 is 17.1 Å². The average Bonchev–Trinajstić information content (AvgIpc) is 2.39. The van der Waals surface area contributed by atoms with Gasteiger partial charge in [-0.15, -0.1) is 0 Å². The molecule has 1 heterocycles. The van der Waals surface area contributed by atoms with Gasteiger partial charge >= 0.3 is 5.69 Å². The van der Waals surface area contributed by atoms with Gasteiger partial charge in [-0.3, -0.25) is 9.78 Å². The van der Waals surface area contributed by atoms with Gasteiger partial charge in [0, 0.05) is 0 Å². The van der Waals surface area contributed by atoms with Crippen molar-refractivity contribution in [3.8, 4) is 11.8 Å². The number of halogens is 2. The Balaban J connectivity index is 2.90. The van der Waals surface area contributed by atoms with Crippen molar-refractivity contribution < 1.29 is 4.39 Å². The smallest absolute Gasteiger partial charge is 0.297 e. The Kier molecular flexibility index (Phi) is 3.96. The van der Waals surface area contributed by atoms with Crippen LogP contribution < -0.4 is 11.2 Å². The third kappa shape index (κ3) is 2.60. The fourth-order valence-electron chi connectivity index (χ4n) is 2.04. The second kappa shape index (κ2) is 5.54. The van der Waals surface area contributed by atoms with Gasteiger partial charge in [-0.2, -0.15) is 5.26 Å². The predicted molar refractivity (Wildman–Crippen MR) is 76.4 cm³/mol. The van der Waals surface area contributed by atoms with E-state index in [4.69, 9.17) is 16.9 Å². The van der Waals surface area contributed by atoms with Crippen molar-refractivity contribution in [3.05, 3.63) is 61.1 Å². The van der Waals surface area contributed by atoms with Crippen molar-refractivity contribution in [2.75, 3.05) is 0 Å². The molecule has 0 unspecified atom stereocenters. The maximum Gasteiger partial charge on any atom is 0.334 e. The number of aromatic nitrogens is 2. The number of nitrogens with zero attached hydrogens (tertiary/aromatic N) is 2. The first-order valence-electron chi connectivity index (χ1n) is 6.11. The fraction of sp³-hybridized carbons (Fsp3) is 0.214. The molecule has 0 aliphatic rings. The van der Waals surface area contributed by atoms with Crippen LogP contribution in [-0.2, 0) is 0 Å². The zero-order chi connectivity index (χ0) is 15.7. The van der Waals surface area contributed by atoms with Crippen LogP contribution in [0.15, 0.2) is 27.8 Å². The maximum absolute atomic E-state index is 13.2. The predicted octanol–water partition coefficient (Wildman–Crippen LogP) is 2.31. The standard InChI is InChI=1S/C14H11ClFN3O2/c1-7(2)11-12(15)18-14(21)19(13(11)20)10-4-3-9(16)5-8(10)6-17/h3-5,7H,1-2H3,(H,18,21). The molecule has 2 rings (SSSR count). The van der Waals surface area contributed by atoms with Gasteiger partial charge in [0.25, 0.3) is 5.56 Å². The maximum atomic E-state index is 13.2. The molecule has 1 aromatic carbocycles. The number of H-pyrrole nitrogens is 1. The molecule has 0 aliphatic carbocycles. The highest BCUT2D eigenvalue weighted by atomic mass is 35.5. The summed E-state index contributed by atoms with van der Waals surface area (Å²) in [7, 11) is 0. The number of hydrogen-bond acceptors (Lipinski definition) is 3. The molecule has 0 radical (unpaired) electrons. The largest absolute Gasteiger partial charge is 0.334 e. The molecule has 2 aromatic rings. The number of nitrogens with one attached hydrogen (secondary N) is 1. The van der Waals surface area contributed by atoms with E-state index >= 15 is 0 Å². The van der Waals surface area contributed by atoms with Gasteiger partial charge in [0.2, 0.25) is 0 Å². The van der Waals surface area contributed by atoms with E-state index in [2.05, 4.69) is 4.98 Å². The summed E-state index contributed by atoms with van der Waals surface area (Å²) in [5, 5.41) is 9.02. The second-order valence-corrected chi connectivity index (χ2v) is 5.10. The zero-order valence-electron chi connectivity index (χ0n) is 11.3. The molecule has 0 atom stereocenters. The molecule has 108 valence electrons. The van der Waals surface area contributed by atoms with Crippen LogP contribution >= 0.6 is 11.6 Å². The molecule has 0 spiro atoms. The Bertz CT molecular complexity index is 862. The monoisotopic (exact) mass is 307 g/mol. The minimum atomic E-state index is -0.780. The van der Waals surface area contributed by atoms with Crippen molar-refractivity contribution in [1.82, 2.24) is 9.55 Å². The third-order valence-electron chi connectivity index (χ3n) is 2.99. The summed E-state index contributed by atoms with van der Waals surface area (Å²) in [6.45, 7) is 3.50. The molecular formula is C14H11ClFN3O2. The summed E-state index contributed by atoms with van der Waals surface area (Å²) in [5.41, 5.74) is -1.27. The van der Waals surface area contributed by atoms with Crippen molar-refractivity contribution in [3.63, 3.8) is 0 Å². The Morgan fingerprint density at radius 3 is 2.62 bits per heavy atom. The van der Waals surface area contributed by atoms with Crippen molar-refractivity contribution in [2.45, 2.75) is 19.8 Å². The summed E-state index contributed by atoms with van der Waals surface area (Å²) in [6, 6.07) is 5.02. The molecule has 5 nitrogen and oxygen atoms in total. The zero-order valence-corrected chi connectivity index (χ0v) is 12.0. The second-order valence-electron chi connectivity index (χ2n) is 4.73. The van der Waals surface area contributed by atoms with Crippen LogP contribution in [0.5, 0.6) is 0 Å². The molecular weight excluding hydrogens is 297 g/mol. The van der Waals surface area contributed by atoms with Crippen LogP contribution in [0.2, 0.25) is 5.15 Å². The third-order valence-corrected chi connectivity index (χ3v) is 3.29. The van der Waals surface area contributed by atoms with Gasteiger partial charge in [0.1, 0.15) is 17.0 Å². The lowest BCUT2D eigenvalue weighted by Gasteiger charge is -2.12. The van der Waals surface area contributed by atoms with Gasteiger partial charge in [0.15, 0.2) is 0 Å². The number of aromatic amines is 1. The number of nitriles is 1. The summed E-state index contributed by atoms with van der Waals surface area (Å²) in [4.78, 5) is 26.8. The number of benzene rings is 1. The normalized spacial score (nSPS) is 10.7. The van der Waals surface area contributed by atoms with E-state index in [-0.39, 0.29) is 27.9 Å². The van der Waals surface area contributed by atoms with Crippen LogP contribution in [0, 0.1) is 17.1 Å². The van der Waals surface area contributed by atoms with E-state index in [1.54, 1.807) is 19.9 Å². The first kappa shape index (κ1) is 15.0. The molecule has 1 N–H and O–H groups in total. The molecule has 0 bridgehead atoms. The van der Waals surface area contributed by atoms with Crippen molar-refractivity contribution in [2.24, 2.45) is 0 Å². The Labute approximate surface area is 124 Å². The van der Waals surface area contributed by atoms with Gasteiger partial charge in [-0.1, -0.05) is 25.4 Å². The first-order valence-corrected chi connectivity index (χ1v) is 6.49. The van der Waals surface area contributed by atoms with E-state index in [0.29, 0.717) is 0 Å². The summed E-state index contributed by atoms with van der Waals surface area (Å²) < 4.78 is 14.0. The quantitative estimate of drug-likeness (QED) is 0.865. The fourth-order valence-corrected chi connectivity index (χ4v) is 2.42. The first-order chi connectivity index (χ1) is 9.86. The van der Waals surface area contributed by atoms with E-state index in [1.165, 1.54) is 6.07 Å². The van der Waals surface area contributed by atoms with Gasteiger partial charge in [0.05, 0.1) is 16.8 Å². The summed E-state index contributed by atoms with van der Waals surface area (Å²) in [6.07, 6.45) is 0. The summed E-state index contributed by atoms with van der Waals surface area (Å²) in [5.74, 6) is -0.850. The Morgan fingerprint density at radius 1 is 1.38 bits per heavy atom. The number of rotatable bonds is 2. The van der Waals surface area contributed by atoms with Gasteiger partial charge < -0.3 is 0 Å². The lowest BCUT2D eigenvalue weighted by atomic mass is 10.1. The van der Waals surface area contributed by atoms with Gasteiger partial charge in [-0.25, -0.2) is 13.8 Å². The van der Waals surface area contributed by atoms with Crippen LogP contribution in [0.1, 0.15) is 30.9 Å². The van der Waals surface area contributed by atoms with Crippen LogP contribution in [0.3, 0.4) is 0 Å². The molecule has 0 fully saturated rings. The SMILES string of the molecule is CC(C)c1c(Cl)[nH]c(=O)n(-c2ccc(F)cc2C#N)c1=O. The van der Waals surface area contributed by atoms with E-state index in [0.717, 1.165) is 16.7 Å². The molecule has 7 heteroatoms. The minimum Gasteiger partial charge on any atom is -0.297 e. The Morgan fingerprint density at radius 2 is 2.05 bits per heavy atom. The minimum absolute atomic E-state index is 0.0173. The van der Waals surface area contributed by atoms with Gasteiger partial charge in [-0.05, 0) is 24.1 Å². The highest BCUT2D eigenvalue weighted by Gasteiger charge is 2.18. The molecule has 0 saturated heterocycles. The lowest BCUT2D eigenvalue weighted by Crippen LogP contribution is -2.37. The Hall–Kier alpha value is -2.39. The van der Waals surface area contributed by atoms with Crippen molar-refractivity contribution >= 4 is 11.6 Å². The topological polar surface area (TPSA) is 78.7 Å². The average molecular weight is 308 g/mol. The van der Waals surface area contributed by atoms with Crippen LogP contribution in [-0.4, -0.2) is 9.55 Å². The molecule has 1 aromatic heterocycles. The van der Waals surface area contributed by atoms with E-state index in [1.807, 2.05) is 0 Å². The molecule has 21 heavy (non-hydrogen) atoms. The van der Waals surface area contributed by atoms with E-state index in [9.17, 15) is 14.0 Å². The summed E-state index contributed by atoms with van der Waals surface area (Å²) >= 11 is 5.89. The lowest BCUT2D eigenvalue weighted by molar-refractivity contribution is 0.626. The molecule has 0 saturated carbocycles. The van der Waals surface area contributed by atoms with Crippen molar-refractivity contribution in [1.29, 1.82) is 5.26 Å². The molecule has 0 amide bonds. The van der Waals surface area contributed by atoms with Crippen LogP contribution in [0.4, 0.5) is 4.39 Å². The highest BCUT2D eigenvalue weighted by Crippen LogP contribution is 2.18. The molecule has 0 aliphatic heterocycles. The number of hydrogen-bond donors (Lipinski definition) is 1.